The largest absolute Gasteiger partial charge is 0.508 e. The van der Waals surface area contributed by atoms with Crippen LogP contribution in [0.1, 0.15) is 11.1 Å². The Morgan fingerprint density at radius 3 is 2.72 bits per heavy atom. The Hall–Kier alpha value is -1.99. The van der Waals surface area contributed by atoms with Crippen molar-refractivity contribution in [2.75, 3.05) is 5.32 Å². The predicted octanol–water partition coefficient (Wildman–Crippen LogP) is 3.64. The first-order valence-electron chi connectivity index (χ1n) is 5.41. The monoisotopic (exact) mass is 302 g/mol. The normalized spacial score (nSPS) is 9.78. The Balaban J connectivity index is 2.16. The molecule has 0 saturated heterocycles. The second kappa shape index (κ2) is 5.56. The molecular weight excluding hydrogens is 292 g/mol. The summed E-state index contributed by atoms with van der Waals surface area (Å²) in [5, 5.41) is 21.8. The van der Waals surface area contributed by atoms with Gasteiger partial charge in [-0.1, -0.05) is 34.1 Å². The zero-order valence-corrected chi connectivity index (χ0v) is 11.1. The molecule has 0 unspecified atom stereocenters. The average Bonchev–Trinajstić information content (AvgIpc) is 2.39. The number of halogens is 1. The summed E-state index contributed by atoms with van der Waals surface area (Å²) in [7, 11) is 0. The summed E-state index contributed by atoms with van der Waals surface area (Å²) in [4.78, 5) is 0. The van der Waals surface area contributed by atoms with Crippen LogP contribution in [0.2, 0.25) is 0 Å². The molecule has 0 bridgehead atoms. The van der Waals surface area contributed by atoms with E-state index in [1.165, 1.54) is 0 Å². The summed E-state index contributed by atoms with van der Waals surface area (Å²) in [6, 6.07) is 14.7. The number of phenols is 1. The van der Waals surface area contributed by atoms with Gasteiger partial charge in [0.05, 0.1) is 11.3 Å². The van der Waals surface area contributed by atoms with E-state index in [9.17, 15) is 5.11 Å². The third-order valence-corrected chi connectivity index (χ3v) is 3.06. The van der Waals surface area contributed by atoms with E-state index in [2.05, 4.69) is 27.3 Å². The van der Waals surface area contributed by atoms with Gasteiger partial charge in [-0.25, -0.2) is 0 Å². The van der Waals surface area contributed by atoms with Crippen LogP contribution in [0.5, 0.6) is 5.75 Å². The standard InChI is InChI=1S/C14H11BrN2O/c15-12-5-6-13(11(7-12)8-16)17-9-10-3-1-2-4-14(10)18/h1-7,17-18H,9H2. The number of hydrogen-bond acceptors (Lipinski definition) is 3. The summed E-state index contributed by atoms with van der Waals surface area (Å²) in [5.41, 5.74) is 2.12. The van der Waals surface area contributed by atoms with Crippen LogP contribution in [0.15, 0.2) is 46.9 Å². The van der Waals surface area contributed by atoms with Crippen molar-refractivity contribution in [2.45, 2.75) is 6.54 Å². The fourth-order valence-corrected chi connectivity index (χ4v) is 1.97. The molecular formula is C14H11BrN2O. The third kappa shape index (κ3) is 2.82. The Morgan fingerprint density at radius 2 is 2.00 bits per heavy atom. The first kappa shape index (κ1) is 12.5. The minimum Gasteiger partial charge on any atom is -0.508 e. The topological polar surface area (TPSA) is 56.0 Å². The fourth-order valence-electron chi connectivity index (χ4n) is 1.61. The van der Waals surface area contributed by atoms with Gasteiger partial charge in [-0.05, 0) is 24.3 Å². The Morgan fingerprint density at radius 1 is 1.22 bits per heavy atom. The van der Waals surface area contributed by atoms with Crippen molar-refractivity contribution in [3.8, 4) is 11.8 Å². The predicted molar refractivity (Wildman–Crippen MR) is 74.3 cm³/mol. The molecule has 0 fully saturated rings. The molecule has 2 rings (SSSR count). The lowest BCUT2D eigenvalue weighted by Crippen LogP contribution is -2.01. The molecule has 2 aromatic carbocycles. The SMILES string of the molecule is N#Cc1cc(Br)ccc1NCc1ccccc1O. The minimum absolute atomic E-state index is 0.251. The van der Waals surface area contributed by atoms with Gasteiger partial charge < -0.3 is 10.4 Å². The molecule has 0 aliphatic rings. The lowest BCUT2D eigenvalue weighted by Gasteiger charge is -2.09. The first-order valence-corrected chi connectivity index (χ1v) is 6.20. The molecule has 0 saturated carbocycles. The maximum absolute atomic E-state index is 9.65. The van der Waals surface area contributed by atoms with E-state index < -0.39 is 0 Å². The summed E-state index contributed by atoms with van der Waals surface area (Å²) < 4.78 is 0.868. The van der Waals surface area contributed by atoms with Crippen molar-refractivity contribution < 1.29 is 5.11 Å². The molecule has 0 radical (unpaired) electrons. The number of nitrogens with one attached hydrogen (secondary N) is 1. The lowest BCUT2D eigenvalue weighted by molar-refractivity contribution is 0.469. The number of anilines is 1. The minimum atomic E-state index is 0.251. The van der Waals surface area contributed by atoms with Crippen molar-refractivity contribution in [2.24, 2.45) is 0 Å². The van der Waals surface area contributed by atoms with Crippen molar-refractivity contribution in [1.29, 1.82) is 5.26 Å². The smallest absolute Gasteiger partial charge is 0.120 e. The van der Waals surface area contributed by atoms with Crippen LogP contribution in [0.25, 0.3) is 0 Å². The summed E-state index contributed by atoms with van der Waals surface area (Å²) >= 11 is 3.33. The maximum Gasteiger partial charge on any atom is 0.120 e. The molecule has 0 atom stereocenters. The number of aromatic hydroxyl groups is 1. The van der Waals surface area contributed by atoms with Gasteiger partial charge in [0, 0.05) is 16.6 Å². The van der Waals surface area contributed by atoms with E-state index >= 15 is 0 Å². The van der Waals surface area contributed by atoms with Crippen molar-refractivity contribution in [1.82, 2.24) is 0 Å². The Labute approximate surface area is 114 Å². The maximum atomic E-state index is 9.65. The van der Waals surface area contributed by atoms with Gasteiger partial charge in [-0.15, -0.1) is 0 Å². The molecule has 2 aromatic rings. The van der Waals surface area contributed by atoms with Crippen molar-refractivity contribution >= 4 is 21.6 Å². The van der Waals surface area contributed by atoms with E-state index in [0.717, 1.165) is 15.7 Å². The number of para-hydroxylation sites is 1. The molecule has 0 aliphatic heterocycles. The second-order valence-corrected chi connectivity index (χ2v) is 4.70. The molecule has 3 nitrogen and oxygen atoms in total. The van der Waals surface area contributed by atoms with E-state index in [0.29, 0.717) is 12.1 Å². The van der Waals surface area contributed by atoms with Crippen LogP contribution in [-0.2, 0) is 6.54 Å². The van der Waals surface area contributed by atoms with E-state index in [4.69, 9.17) is 5.26 Å². The van der Waals surface area contributed by atoms with Crippen LogP contribution in [0, 0.1) is 11.3 Å². The second-order valence-electron chi connectivity index (χ2n) is 3.78. The highest BCUT2D eigenvalue weighted by atomic mass is 79.9. The van der Waals surface area contributed by atoms with Crippen LogP contribution >= 0.6 is 15.9 Å². The quantitative estimate of drug-likeness (QED) is 0.910. The summed E-state index contributed by atoms with van der Waals surface area (Å²) in [6.45, 7) is 0.475. The molecule has 0 heterocycles. The van der Waals surface area contributed by atoms with Crippen LogP contribution in [-0.4, -0.2) is 5.11 Å². The number of phenolic OH excluding ortho intramolecular Hbond substituents is 1. The molecule has 0 amide bonds. The number of benzene rings is 2. The fraction of sp³-hybridized carbons (Fsp3) is 0.0714. The zero-order chi connectivity index (χ0) is 13.0. The van der Waals surface area contributed by atoms with Crippen LogP contribution in [0.3, 0.4) is 0 Å². The zero-order valence-electron chi connectivity index (χ0n) is 9.52. The highest BCUT2D eigenvalue weighted by Crippen LogP contribution is 2.22. The molecule has 4 heteroatoms. The summed E-state index contributed by atoms with van der Waals surface area (Å²) in [6.07, 6.45) is 0. The van der Waals surface area contributed by atoms with Gasteiger partial charge in [0.25, 0.3) is 0 Å². The van der Waals surface area contributed by atoms with Gasteiger partial charge in [-0.3, -0.25) is 0 Å². The van der Waals surface area contributed by atoms with Gasteiger partial charge >= 0.3 is 0 Å². The van der Waals surface area contributed by atoms with Crippen LogP contribution < -0.4 is 5.32 Å². The molecule has 0 aromatic heterocycles. The van der Waals surface area contributed by atoms with Gasteiger partial charge in [-0.2, -0.15) is 5.26 Å². The summed E-state index contributed by atoms with van der Waals surface area (Å²) in [5.74, 6) is 0.251. The third-order valence-electron chi connectivity index (χ3n) is 2.56. The molecule has 0 aliphatic carbocycles. The van der Waals surface area contributed by atoms with Gasteiger partial charge in [0.1, 0.15) is 11.8 Å². The van der Waals surface area contributed by atoms with Gasteiger partial charge in [0.15, 0.2) is 0 Å². The van der Waals surface area contributed by atoms with Crippen LogP contribution in [0.4, 0.5) is 5.69 Å². The average molecular weight is 303 g/mol. The number of nitrogens with zero attached hydrogens (tertiary/aromatic N) is 1. The Kier molecular flexibility index (Phi) is 3.85. The van der Waals surface area contributed by atoms with E-state index in [1.54, 1.807) is 18.2 Å². The number of rotatable bonds is 3. The molecule has 0 spiro atoms. The van der Waals surface area contributed by atoms with E-state index in [1.807, 2.05) is 24.3 Å². The molecule has 2 N–H and O–H groups in total. The molecule has 18 heavy (non-hydrogen) atoms. The van der Waals surface area contributed by atoms with E-state index in [-0.39, 0.29) is 5.75 Å². The number of nitriles is 1. The first-order chi connectivity index (χ1) is 8.70. The number of hydrogen-bond donors (Lipinski definition) is 2. The Bertz CT molecular complexity index is 605. The molecule has 90 valence electrons. The van der Waals surface area contributed by atoms with Crippen molar-refractivity contribution in [3.63, 3.8) is 0 Å². The van der Waals surface area contributed by atoms with Gasteiger partial charge in [0.2, 0.25) is 0 Å². The highest BCUT2D eigenvalue weighted by Gasteiger charge is 2.04. The lowest BCUT2D eigenvalue weighted by atomic mass is 10.1. The highest BCUT2D eigenvalue weighted by molar-refractivity contribution is 9.10. The van der Waals surface area contributed by atoms with Crippen molar-refractivity contribution in [3.05, 3.63) is 58.1 Å².